The SMILES string of the molecule is CCOc1ccc(CC(=O)N=c2sc3cc(F)cc(F)c3n2CCOC)cc1. The van der Waals surface area contributed by atoms with Gasteiger partial charge in [0, 0.05) is 19.7 Å². The van der Waals surface area contributed by atoms with Gasteiger partial charge in [0.05, 0.1) is 29.9 Å². The molecule has 0 saturated heterocycles. The van der Waals surface area contributed by atoms with E-state index in [0.29, 0.717) is 29.3 Å². The van der Waals surface area contributed by atoms with Crippen LogP contribution in [0.1, 0.15) is 12.5 Å². The number of fused-ring (bicyclic) bond motifs is 1. The van der Waals surface area contributed by atoms with E-state index in [0.717, 1.165) is 28.7 Å². The van der Waals surface area contributed by atoms with Crippen molar-refractivity contribution in [2.45, 2.75) is 19.9 Å². The van der Waals surface area contributed by atoms with Gasteiger partial charge in [0.2, 0.25) is 0 Å². The van der Waals surface area contributed by atoms with Crippen LogP contribution in [0.15, 0.2) is 41.4 Å². The normalized spacial score (nSPS) is 11.9. The molecule has 0 aliphatic rings. The Morgan fingerprint density at radius 2 is 1.96 bits per heavy atom. The first-order valence-corrected chi connectivity index (χ1v) is 9.60. The zero-order valence-corrected chi connectivity index (χ0v) is 16.4. The quantitative estimate of drug-likeness (QED) is 0.601. The lowest BCUT2D eigenvalue weighted by Gasteiger charge is -2.05. The van der Waals surface area contributed by atoms with E-state index in [2.05, 4.69) is 4.99 Å². The molecule has 3 rings (SSSR count). The Morgan fingerprint density at radius 3 is 2.64 bits per heavy atom. The van der Waals surface area contributed by atoms with Gasteiger partial charge in [-0.2, -0.15) is 4.99 Å². The Bertz CT molecular complexity index is 1040. The van der Waals surface area contributed by atoms with Crippen LogP contribution in [-0.4, -0.2) is 30.8 Å². The van der Waals surface area contributed by atoms with E-state index in [4.69, 9.17) is 9.47 Å². The number of hydrogen-bond donors (Lipinski definition) is 0. The summed E-state index contributed by atoms with van der Waals surface area (Å²) in [5.74, 6) is -1.00. The van der Waals surface area contributed by atoms with Crippen LogP contribution >= 0.6 is 11.3 Å². The summed E-state index contributed by atoms with van der Waals surface area (Å²) in [6.07, 6.45) is 0.0990. The molecule has 3 aromatic rings. The summed E-state index contributed by atoms with van der Waals surface area (Å²) >= 11 is 1.07. The zero-order chi connectivity index (χ0) is 20.1. The molecule has 1 aromatic heterocycles. The van der Waals surface area contributed by atoms with Crippen LogP contribution in [0, 0.1) is 11.6 Å². The largest absolute Gasteiger partial charge is 0.494 e. The third-order valence-corrected chi connectivity index (χ3v) is 5.05. The number of thiazole rings is 1. The van der Waals surface area contributed by atoms with Crippen LogP contribution in [0.25, 0.3) is 10.2 Å². The summed E-state index contributed by atoms with van der Waals surface area (Å²) in [5.41, 5.74) is 1.01. The number of amides is 1. The van der Waals surface area contributed by atoms with E-state index in [1.165, 1.54) is 13.2 Å². The van der Waals surface area contributed by atoms with E-state index < -0.39 is 11.6 Å². The van der Waals surface area contributed by atoms with Crippen molar-refractivity contribution >= 4 is 27.5 Å². The maximum absolute atomic E-state index is 14.3. The second kappa shape index (κ2) is 9.07. The van der Waals surface area contributed by atoms with E-state index in [-0.39, 0.29) is 17.8 Å². The third kappa shape index (κ3) is 4.63. The number of ether oxygens (including phenoxy) is 2. The van der Waals surface area contributed by atoms with Crippen LogP contribution in [-0.2, 0) is 22.5 Å². The molecule has 28 heavy (non-hydrogen) atoms. The van der Waals surface area contributed by atoms with Gasteiger partial charge in [-0.3, -0.25) is 4.79 Å². The maximum atomic E-state index is 14.3. The molecular formula is C20H20F2N2O3S. The van der Waals surface area contributed by atoms with Crippen molar-refractivity contribution in [2.24, 2.45) is 4.99 Å². The number of hydrogen-bond acceptors (Lipinski definition) is 4. The standard InChI is InChI=1S/C20H20F2N2O3S/c1-3-27-15-6-4-13(5-7-15)10-18(25)23-20-24(8-9-26-2)19-16(22)11-14(21)12-17(19)28-20/h4-7,11-12H,3,8-10H2,1-2H3. The predicted octanol–water partition coefficient (Wildman–Crippen LogP) is 3.70. The van der Waals surface area contributed by atoms with Crippen molar-refractivity contribution in [2.75, 3.05) is 20.3 Å². The van der Waals surface area contributed by atoms with Gasteiger partial charge in [-0.15, -0.1) is 0 Å². The van der Waals surface area contributed by atoms with Crippen molar-refractivity contribution in [3.05, 3.63) is 58.4 Å². The molecule has 1 amide bonds. The van der Waals surface area contributed by atoms with Gasteiger partial charge >= 0.3 is 0 Å². The van der Waals surface area contributed by atoms with Gasteiger partial charge in [0.25, 0.3) is 5.91 Å². The van der Waals surface area contributed by atoms with Gasteiger partial charge in [0.15, 0.2) is 10.6 Å². The fourth-order valence-corrected chi connectivity index (χ4v) is 3.91. The number of rotatable bonds is 7. The molecule has 0 aliphatic carbocycles. The smallest absolute Gasteiger partial charge is 0.252 e. The van der Waals surface area contributed by atoms with E-state index in [1.807, 2.05) is 6.92 Å². The average molecular weight is 406 g/mol. The van der Waals surface area contributed by atoms with Gasteiger partial charge in [-0.05, 0) is 30.7 Å². The van der Waals surface area contributed by atoms with Gasteiger partial charge in [-0.25, -0.2) is 8.78 Å². The van der Waals surface area contributed by atoms with Crippen molar-refractivity contribution in [3.63, 3.8) is 0 Å². The highest BCUT2D eigenvalue weighted by Crippen LogP contribution is 2.22. The first kappa shape index (κ1) is 20.2. The first-order chi connectivity index (χ1) is 13.5. The Morgan fingerprint density at radius 1 is 1.21 bits per heavy atom. The van der Waals surface area contributed by atoms with Crippen LogP contribution in [0.3, 0.4) is 0 Å². The lowest BCUT2D eigenvalue weighted by molar-refractivity contribution is -0.117. The van der Waals surface area contributed by atoms with Crippen molar-refractivity contribution in [1.82, 2.24) is 4.57 Å². The van der Waals surface area contributed by atoms with Crippen molar-refractivity contribution in [1.29, 1.82) is 0 Å². The lowest BCUT2D eigenvalue weighted by Crippen LogP contribution is -2.20. The number of halogens is 2. The van der Waals surface area contributed by atoms with E-state index in [9.17, 15) is 13.6 Å². The maximum Gasteiger partial charge on any atom is 0.252 e. The molecule has 0 saturated carbocycles. The van der Waals surface area contributed by atoms with Crippen molar-refractivity contribution in [3.8, 4) is 5.75 Å². The average Bonchev–Trinajstić information content (AvgIpc) is 2.98. The van der Waals surface area contributed by atoms with Crippen LogP contribution < -0.4 is 9.54 Å². The number of methoxy groups -OCH3 is 1. The minimum absolute atomic E-state index is 0.0990. The van der Waals surface area contributed by atoms with E-state index >= 15 is 0 Å². The number of carbonyl (C=O) groups excluding carboxylic acids is 1. The Kier molecular flexibility index (Phi) is 6.53. The van der Waals surface area contributed by atoms with Crippen LogP contribution in [0.5, 0.6) is 5.75 Å². The highest BCUT2D eigenvalue weighted by Gasteiger charge is 2.14. The molecule has 0 bridgehead atoms. The molecule has 0 aliphatic heterocycles. The third-order valence-electron chi connectivity index (χ3n) is 4.02. The van der Waals surface area contributed by atoms with Crippen LogP contribution in [0.4, 0.5) is 8.78 Å². The molecule has 0 spiro atoms. The molecule has 0 radical (unpaired) electrons. The summed E-state index contributed by atoms with van der Waals surface area (Å²) in [4.78, 5) is 16.9. The first-order valence-electron chi connectivity index (χ1n) is 8.78. The molecule has 2 aromatic carbocycles. The molecule has 5 nitrogen and oxygen atoms in total. The second-order valence-corrected chi connectivity index (χ2v) is 7.03. The van der Waals surface area contributed by atoms with E-state index in [1.54, 1.807) is 28.8 Å². The number of carbonyl (C=O) groups is 1. The highest BCUT2D eigenvalue weighted by molar-refractivity contribution is 7.16. The summed E-state index contributed by atoms with van der Waals surface area (Å²) in [6, 6.07) is 9.26. The lowest BCUT2D eigenvalue weighted by atomic mass is 10.1. The summed E-state index contributed by atoms with van der Waals surface area (Å²) in [7, 11) is 1.53. The number of benzene rings is 2. The van der Waals surface area contributed by atoms with Gasteiger partial charge in [0.1, 0.15) is 11.6 Å². The zero-order valence-electron chi connectivity index (χ0n) is 15.6. The Balaban J connectivity index is 1.93. The van der Waals surface area contributed by atoms with Gasteiger partial charge < -0.3 is 14.0 Å². The minimum Gasteiger partial charge on any atom is -0.494 e. The second-order valence-electron chi connectivity index (χ2n) is 6.02. The fraction of sp³-hybridized carbons (Fsp3) is 0.300. The Labute approximate surface area is 164 Å². The summed E-state index contributed by atoms with van der Waals surface area (Å²) < 4.78 is 40.2. The van der Waals surface area contributed by atoms with Crippen molar-refractivity contribution < 1.29 is 23.0 Å². The molecule has 8 heteroatoms. The number of aromatic nitrogens is 1. The number of nitrogens with zero attached hydrogens (tertiary/aromatic N) is 2. The summed E-state index contributed by atoms with van der Waals surface area (Å²) in [5, 5.41) is 0. The molecular weight excluding hydrogens is 386 g/mol. The minimum atomic E-state index is -0.692. The van der Waals surface area contributed by atoms with Crippen LogP contribution in [0.2, 0.25) is 0 Å². The molecule has 1 heterocycles. The molecule has 0 fully saturated rings. The highest BCUT2D eigenvalue weighted by atomic mass is 32.1. The molecule has 0 unspecified atom stereocenters. The fourth-order valence-electron chi connectivity index (χ4n) is 2.80. The summed E-state index contributed by atoms with van der Waals surface area (Å²) in [6.45, 7) is 3.07. The van der Waals surface area contributed by atoms with Gasteiger partial charge in [-0.1, -0.05) is 23.5 Å². The molecule has 0 N–H and O–H groups in total. The predicted molar refractivity (Wildman–Crippen MR) is 103 cm³/mol. The molecule has 148 valence electrons. The monoisotopic (exact) mass is 406 g/mol. The topological polar surface area (TPSA) is 52.8 Å². The molecule has 0 atom stereocenters. The Hall–Kier alpha value is -2.58.